The van der Waals surface area contributed by atoms with Crippen molar-refractivity contribution in [2.75, 3.05) is 19.6 Å². The number of piperidine rings is 1. The highest BCUT2D eigenvalue weighted by Gasteiger charge is 2.54. The van der Waals surface area contributed by atoms with Gasteiger partial charge in [-0.3, -0.25) is 4.90 Å². The monoisotopic (exact) mass is 262 g/mol. The number of hydrogen-bond acceptors (Lipinski definition) is 2. The first-order valence-corrected chi connectivity index (χ1v) is 8.77. The average molecular weight is 262 g/mol. The van der Waals surface area contributed by atoms with Gasteiger partial charge in [0.25, 0.3) is 0 Å². The third-order valence-electron chi connectivity index (χ3n) is 7.22. The summed E-state index contributed by atoms with van der Waals surface area (Å²) < 4.78 is 0. The van der Waals surface area contributed by atoms with Gasteiger partial charge in [0.2, 0.25) is 0 Å². The Morgan fingerprint density at radius 2 is 1.84 bits per heavy atom. The summed E-state index contributed by atoms with van der Waals surface area (Å²) in [6, 6.07) is 0. The van der Waals surface area contributed by atoms with E-state index < -0.39 is 0 Å². The maximum atomic E-state index is 6.31. The third-order valence-corrected chi connectivity index (χ3v) is 7.22. The molecule has 2 heteroatoms. The topological polar surface area (TPSA) is 29.3 Å². The SMILES string of the molecule is NCC1(N2CCC3CCCCC3C2)CC2CCC1C2. The van der Waals surface area contributed by atoms with E-state index >= 15 is 0 Å². The average Bonchev–Trinajstić information content (AvgIpc) is 3.08. The number of hydrogen-bond donors (Lipinski definition) is 1. The molecule has 1 saturated heterocycles. The molecule has 2 N–H and O–H groups in total. The molecule has 4 aliphatic rings. The standard InChI is InChI=1S/C17H30N2/c18-12-17(10-13-5-6-16(17)9-13)19-8-7-14-3-1-2-4-15(14)11-19/h13-16H,1-12,18H2. The molecule has 0 aromatic rings. The number of nitrogens with zero attached hydrogens (tertiary/aromatic N) is 1. The van der Waals surface area contributed by atoms with Gasteiger partial charge in [-0.15, -0.1) is 0 Å². The van der Waals surface area contributed by atoms with E-state index in [0.29, 0.717) is 5.54 Å². The van der Waals surface area contributed by atoms with Crippen LogP contribution in [0.4, 0.5) is 0 Å². The van der Waals surface area contributed by atoms with Gasteiger partial charge in [-0.25, -0.2) is 0 Å². The van der Waals surface area contributed by atoms with E-state index in [2.05, 4.69) is 4.90 Å². The van der Waals surface area contributed by atoms with Crippen molar-refractivity contribution in [3.05, 3.63) is 0 Å². The summed E-state index contributed by atoms with van der Waals surface area (Å²) in [7, 11) is 0. The van der Waals surface area contributed by atoms with Crippen molar-refractivity contribution in [3.8, 4) is 0 Å². The summed E-state index contributed by atoms with van der Waals surface area (Å²) in [5, 5.41) is 0. The molecule has 3 saturated carbocycles. The number of rotatable bonds is 2. The summed E-state index contributed by atoms with van der Waals surface area (Å²) in [6.07, 6.45) is 13.3. The maximum Gasteiger partial charge on any atom is 0.0362 e. The predicted octanol–water partition coefficient (Wildman–Crippen LogP) is 3.02. The van der Waals surface area contributed by atoms with Gasteiger partial charge >= 0.3 is 0 Å². The molecule has 0 aromatic carbocycles. The van der Waals surface area contributed by atoms with E-state index in [1.54, 1.807) is 0 Å². The van der Waals surface area contributed by atoms with E-state index in [1.165, 1.54) is 70.9 Å². The molecule has 108 valence electrons. The third kappa shape index (κ3) is 1.90. The summed E-state index contributed by atoms with van der Waals surface area (Å²) in [6.45, 7) is 3.65. The van der Waals surface area contributed by atoms with Crippen molar-refractivity contribution >= 4 is 0 Å². The molecule has 5 atom stereocenters. The number of likely N-dealkylation sites (tertiary alicyclic amines) is 1. The highest BCUT2D eigenvalue weighted by molar-refractivity contribution is 5.09. The van der Waals surface area contributed by atoms with Crippen LogP contribution < -0.4 is 5.73 Å². The molecule has 4 rings (SSSR count). The first kappa shape index (κ1) is 12.6. The number of nitrogens with two attached hydrogens (primary N) is 1. The normalized spacial score (nSPS) is 50.4. The lowest BCUT2D eigenvalue weighted by atomic mass is 9.71. The van der Waals surface area contributed by atoms with Gasteiger partial charge in [-0.1, -0.05) is 25.7 Å². The van der Waals surface area contributed by atoms with Gasteiger partial charge in [0.05, 0.1) is 0 Å². The van der Waals surface area contributed by atoms with E-state index in [1.807, 2.05) is 0 Å². The van der Waals surface area contributed by atoms with Crippen LogP contribution in [0.5, 0.6) is 0 Å². The van der Waals surface area contributed by atoms with E-state index in [-0.39, 0.29) is 0 Å². The van der Waals surface area contributed by atoms with Gasteiger partial charge < -0.3 is 5.73 Å². The summed E-state index contributed by atoms with van der Waals surface area (Å²) in [4.78, 5) is 2.88. The fourth-order valence-electron chi connectivity index (χ4n) is 6.19. The van der Waals surface area contributed by atoms with E-state index in [9.17, 15) is 0 Å². The van der Waals surface area contributed by atoms with Crippen molar-refractivity contribution in [2.24, 2.45) is 29.4 Å². The Morgan fingerprint density at radius 1 is 1.00 bits per heavy atom. The molecule has 0 aromatic heterocycles. The van der Waals surface area contributed by atoms with Crippen molar-refractivity contribution in [2.45, 2.75) is 63.3 Å². The van der Waals surface area contributed by atoms with Crippen molar-refractivity contribution < 1.29 is 0 Å². The lowest BCUT2D eigenvalue weighted by Gasteiger charge is -2.52. The molecule has 1 heterocycles. The van der Waals surface area contributed by atoms with Gasteiger partial charge in [0.15, 0.2) is 0 Å². The van der Waals surface area contributed by atoms with Crippen LogP contribution in [0.3, 0.4) is 0 Å². The molecule has 0 spiro atoms. The molecule has 0 amide bonds. The molecular weight excluding hydrogens is 232 g/mol. The zero-order valence-corrected chi connectivity index (χ0v) is 12.3. The molecule has 2 bridgehead atoms. The minimum atomic E-state index is 0.422. The number of fused-ring (bicyclic) bond motifs is 3. The first-order chi connectivity index (χ1) is 9.32. The Labute approximate surface area is 118 Å². The molecule has 4 fully saturated rings. The van der Waals surface area contributed by atoms with E-state index in [4.69, 9.17) is 5.73 Å². The lowest BCUT2D eigenvalue weighted by molar-refractivity contribution is -0.0213. The van der Waals surface area contributed by atoms with Crippen LogP contribution >= 0.6 is 0 Å². The second-order valence-electron chi connectivity index (χ2n) is 7.93. The second kappa shape index (κ2) is 4.73. The minimum absolute atomic E-state index is 0.422. The fourth-order valence-corrected chi connectivity index (χ4v) is 6.19. The lowest BCUT2D eigenvalue weighted by Crippen LogP contribution is -2.61. The Kier molecular flexibility index (Phi) is 3.15. The maximum absolute atomic E-state index is 6.31. The smallest absolute Gasteiger partial charge is 0.0362 e. The van der Waals surface area contributed by atoms with Crippen LogP contribution in [-0.4, -0.2) is 30.1 Å². The zero-order valence-electron chi connectivity index (χ0n) is 12.3. The van der Waals surface area contributed by atoms with E-state index in [0.717, 1.165) is 30.2 Å². The first-order valence-electron chi connectivity index (χ1n) is 8.77. The predicted molar refractivity (Wildman–Crippen MR) is 78.9 cm³/mol. The highest BCUT2D eigenvalue weighted by atomic mass is 15.2. The van der Waals surface area contributed by atoms with Crippen LogP contribution in [0.1, 0.15) is 57.8 Å². The van der Waals surface area contributed by atoms with Gasteiger partial charge in [-0.2, -0.15) is 0 Å². The van der Waals surface area contributed by atoms with Crippen molar-refractivity contribution in [1.82, 2.24) is 4.90 Å². The quantitative estimate of drug-likeness (QED) is 0.829. The Bertz CT molecular complexity index is 342. The van der Waals surface area contributed by atoms with Crippen molar-refractivity contribution in [1.29, 1.82) is 0 Å². The molecule has 5 unspecified atom stereocenters. The van der Waals surface area contributed by atoms with Gasteiger partial charge in [-0.05, 0) is 62.3 Å². The van der Waals surface area contributed by atoms with Crippen LogP contribution in [0, 0.1) is 23.7 Å². The fraction of sp³-hybridized carbons (Fsp3) is 1.00. The molecular formula is C17H30N2. The molecule has 19 heavy (non-hydrogen) atoms. The van der Waals surface area contributed by atoms with Crippen molar-refractivity contribution in [3.63, 3.8) is 0 Å². The Balaban J connectivity index is 1.52. The highest BCUT2D eigenvalue weighted by Crippen LogP contribution is 2.54. The molecule has 2 nitrogen and oxygen atoms in total. The molecule has 0 radical (unpaired) electrons. The largest absolute Gasteiger partial charge is 0.329 e. The summed E-state index contributed by atoms with van der Waals surface area (Å²) >= 11 is 0. The zero-order chi connectivity index (χ0) is 12.9. The van der Waals surface area contributed by atoms with Crippen LogP contribution in [-0.2, 0) is 0 Å². The Hall–Kier alpha value is -0.0800. The van der Waals surface area contributed by atoms with Crippen LogP contribution in [0.15, 0.2) is 0 Å². The second-order valence-corrected chi connectivity index (χ2v) is 7.93. The summed E-state index contributed by atoms with van der Waals surface area (Å²) in [5.74, 6) is 4.00. The molecule has 1 aliphatic heterocycles. The minimum Gasteiger partial charge on any atom is -0.329 e. The van der Waals surface area contributed by atoms with Crippen LogP contribution in [0.25, 0.3) is 0 Å². The summed E-state index contributed by atoms with van der Waals surface area (Å²) in [5.41, 5.74) is 6.73. The van der Waals surface area contributed by atoms with Gasteiger partial charge in [0.1, 0.15) is 0 Å². The Morgan fingerprint density at radius 3 is 2.53 bits per heavy atom. The molecule has 3 aliphatic carbocycles. The van der Waals surface area contributed by atoms with Gasteiger partial charge in [0, 0.05) is 18.6 Å². The van der Waals surface area contributed by atoms with Crippen LogP contribution in [0.2, 0.25) is 0 Å².